The first-order chi connectivity index (χ1) is 15.3. The van der Waals surface area contributed by atoms with Crippen molar-refractivity contribution in [1.29, 1.82) is 0 Å². The second-order valence-corrected chi connectivity index (χ2v) is 7.80. The molecular formula is C23H32N4O5. The van der Waals surface area contributed by atoms with E-state index in [1.54, 1.807) is 19.1 Å². The summed E-state index contributed by atoms with van der Waals surface area (Å²) in [6, 6.07) is 7.10. The van der Waals surface area contributed by atoms with Crippen molar-refractivity contribution in [3.63, 3.8) is 0 Å². The molecule has 4 N–H and O–H groups in total. The first-order valence-corrected chi connectivity index (χ1v) is 10.9. The molecule has 2 rings (SSSR count). The van der Waals surface area contributed by atoms with Gasteiger partial charge in [0.05, 0.1) is 0 Å². The second kappa shape index (κ2) is 12.6. The highest BCUT2D eigenvalue weighted by Crippen LogP contribution is 2.10. The first kappa shape index (κ1) is 25.1. The molecule has 0 aliphatic carbocycles. The number of nitrogens with one attached hydrogen (secondary N) is 3. The van der Waals surface area contributed by atoms with Gasteiger partial charge in [-0.25, -0.2) is 5.43 Å². The molecule has 3 amide bonds. The summed E-state index contributed by atoms with van der Waals surface area (Å²) in [4.78, 5) is 49.1. The van der Waals surface area contributed by atoms with Crippen molar-refractivity contribution in [3.8, 4) is 0 Å². The zero-order chi connectivity index (χ0) is 23.5. The van der Waals surface area contributed by atoms with E-state index in [4.69, 9.17) is 0 Å². The predicted octanol–water partition coefficient (Wildman–Crippen LogP) is 1.16. The van der Waals surface area contributed by atoms with Gasteiger partial charge in [0.25, 0.3) is 5.91 Å². The van der Waals surface area contributed by atoms with Gasteiger partial charge in [-0.1, -0.05) is 42.5 Å². The van der Waals surface area contributed by atoms with Gasteiger partial charge in [0, 0.05) is 13.0 Å². The Morgan fingerprint density at radius 3 is 2.59 bits per heavy atom. The molecule has 0 unspecified atom stereocenters. The number of hydrazine groups is 1. The number of aryl methyl sites for hydroxylation is 1. The van der Waals surface area contributed by atoms with Crippen molar-refractivity contribution in [3.05, 3.63) is 48.0 Å². The van der Waals surface area contributed by atoms with Gasteiger partial charge in [0.15, 0.2) is 0 Å². The highest BCUT2D eigenvalue weighted by molar-refractivity contribution is 5.92. The summed E-state index contributed by atoms with van der Waals surface area (Å²) in [7, 11) is 0. The molecule has 1 aliphatic rings. The molecule has 32 heavy (non-hydrogen) atoms. The third-order valence-electron chi connectivity index (χ3n) is 5.23. The van der Waals surface area contributed by atoms with E-state index in [1.807, 2.05) is 37.3 Å². The topological polar surface area (TPSA) is 128 Å². The lowest BCUT2D eigenvalue weighted by molar-refractivity contribution is -0.148. The SMILES string of the molecule is C/C=C/CC(=O)N[C@@H](CCc1ccccc1)C(=O)N[C@@H](C)C(=O)N1CCC[C@@H](C(=O)O)N1. The van der Waals surface area contributed by atoms with Crippen LogP contribution in [0.5, 0.6) is 0 Å². The highest BCUT2D eigenvalue weighted by Gasteiger charge is 2.31. The normalized spacial score (nSPS) is 18.1. The van der Waals surface area contributed by atoms with Gasteiger partial charge in [-0.15, -0.1) is 0 Å². The third-order valence-corrected chi connectivity index (χ3v) is 5.23. The Hall–Kier alpha value is -3.20. The number of carbonyl (C=O) groups is 4. The Balaban J connectivity index is 2.00. The monoisotopic (exact) mass is 444 g/mol. The molecule has 0 spiro atoms. The Kier molecular flexibility index (Phi) is 9.87. The van der Waals surface area contributed by atoms with Crippen LogP contribution >= 0.6 is 0 Å². The summed E-state index contributed by atoms with van der Waals surface area (Å²) in [5.41, 5.74) is 3.73. The average molecular weight is 445 g/mol. The van der Waals surface area contributed by atoms with Crippen molar-refractivity contribution in [2.24, 2.45) is 0 Å². The van der Waals surface area contributed by atoms with Crippen LogP contribution in [-0.2, 0) is 25.6 Å². The molecule has 1 saturated heterocycles. The lowest BCUT2D eigenvalue weighted by atomic mass is 10.0. The number of aliphatic carboxylic acids is 1. The average Bonchev–Trinajstić information content (AvgIpc) is 2.80. The molecule has 0 radical (unpaired) electrons. The zero-order valence-corrected chi connectivity index (χ0v) is 18.5. The standard InChI is InChI=1S/C23H32N4O5/c1-3-4-12-20(28)25-18(14-13-17-9-6-5-7-10-17)21(29)24-16(2)22(30)27-15-8-11-19(26-27)23(31)32/h3-7,9-10,16,18-19,26H,8,11-15H2,1-2H3,(H,24,29)(H,25,28)(H,31,32)/b4-3+/t16-,18-,19-/m0/s1. The minimum absolute atomic E-state index is 0.161. The largest absolute Gasteiger partial charge is 0.480 e. The number of allylic oxidation sites excluding steroid dienone is 1. The maximum atomic E-state index is 12.9. The van der Waals surface area contributed by atoms with E-state index < -0.39 is 35.9 Å². The molecular weight excluding hydrogens is 412 g/mol. The number of rotatable bonds is 10. The van der Waals surface area contributed by atoms with Gasteiger partial charge in [-0.2, -0.15) is 0 Å². The molecule has 0 bridgehead atoms. The maximum absolute atomic E-state index is 12.9. The summed E-state index contributed by atoms with van der Waals surface area (Å²) in [5, 5.41) is 15.8. The molecule has 3 atom stereocenters. The van der Waals surface area contributed by atoms with Crippen LogP contribution in [-0.4, -0.2) is 58.5 Å². The quantitative estimate of drug-likeness (QED) is 0.401. The summed E-state index contributed by atoms with van der Waals surface area (Å²) in [6.07, 6.45) is 5.57. The van der Waals surface area contributed by atoms with Gasteiger partial charge in [0.2, 0.25) is 11.8 Å². The smallest absolute Gasteiger partial charge is 0.322 e. The van der Waals surface area contributed by atoms with Crippen LogP contribution in [0.3, 0.4) is 0 Å². The first-order valence-electron chi connectivity index (χ1n) is 10.9. The fourth-order valence-electron chi connectivity index (χ4n) is 3.44. The molecule has 1 aromatic carbocycles. The highest BCUT2D eigenvalue weighted by atomic mass is 16.4. The Bertz CT molecular complexity index is 827. The molecule has 0 saturated carbocycles. The number of hydrogen-bond donors (Lipinski definition) is 4. The van der Waals surface area contributed by atoms with E-state index in [0.29, 0.717) is 32.2 Å². The van der Waals surface area contributed by atoms with Crippen molar-refractivity contribution in [2.45, 2.75) is 64.1 Å². The van der Waals surface area contributed by atoms with E-state index in [0.717, 1.165) is 5.56 Å². The minimum Gasteiger partial charge on any atom is -0.480 e. The number of carboxylic acids is 1. The van der Waals surface area contributed by atoms with Crippen LogP contribution in [0, 0.1) is 0 Å². The fraction of sp³-hybridized carbons (Fsp3) is 0.478. The van der Waals surface area contributed by atoms with Crippen LogP contribution in [0.1, 0.15) is 45.1 Å². The van der Waals surface area contributed by atoms with Gasteiger partial charge in [0.1, 0.15) is 18.1 Å². The van der Waals surface area contributed by atoms with Crippen LogP contribution < -0.4 is 16.1 Å². The summed E-state index contributed by atoms with van der Waals surface area (Å²) >= 11 is 0. The number of nitrogens with zero attached hydrogens (tertiary/aromatic N) is 1. The number of carbonyl (C=O) groups excluding carboxylic acids is 3. The Morgan fingerprint density at radius 1 is 1.22 bits per heavy atom. The Morgan fingerprint density at radius 2 is 1.94 bits per heavy atom. The molecule has 1 heterocycles. The van der Waals surface area contributed by atoms with E-state index in [9.17, 15) is 24.3 Å². The van der Waals surface area contributed by atoms with Gasteiger partial charge in [-0.05, 0) is 45.1 Å². The lowest BCUT2D eigenvalue weighted by Gasteiger charge is -2.33. The Labute approximate surface area is 188 Å². The second-order valence-electron chi connectivity index (χ2n) is 7.80. The van der Waals surface area contributed by atoms with Gasteiger partial charge < -0.3 is 15.7 Å². The lowest BCUT2D eigenvalue weighted by Crippen LogP contribution is -2.60. The van der Waals surface area contributed by atoms with Crippen molar-refractivity contribution in [2.75, 3.05) is 6.54 Å². The maximum Gasteiger partial charge on any atom is 0.322 e. The fourth-order valence-corrected chi connectivity index (χ4v) is 3.44. The molecule has 0 aromatic heterocycles. The minimum atomic E-state index is -1.02. The molecule has 1 aromatic rings. The molecule has 9 heteroatoms. The summed E-state index contributed by atoms with van der Waals surface area (Å²) in [6.45, 7) is 3.71. The zero-order valence-electron chi connectivity index (χ0n) is 18.5. The van der Waals surface area contributed by atoms with Crippen molar-refractivity contribution in [1.82, 2.24) is 21.1 Å². The number of hydrogen-bond acceptors (Lipinski definition) is 5. The summed E-state index contributed by atoms with van der Waals surface area (Å²) in [5.74, 6) is -2.19. The van der Waals surface area contributed by atoms with Crippen LogP contribution in [0.2, 0.25) is 0 Å². The van der Waals surface area contributed by atoms with E-state index in [1.165, 1.54) is 5.01 Å². The van der Waals surface area contributed by atoms with E-state index in [2.05, 4.69) is 16.1 Å². The number of amides is 3. The van der Waals surface area contributed by atoms with Crippen LogP contribution in [0.25, 0.3) is 0 Å². The van der Waals surface area contributed by atoms with Gasteiger partial charge >= 0.3 is 5.97 Å². The van der Waals surface area contributed by atoms with E-state index in [-0.39, 0.29) is 12.3 Å². The van der Waals surface area contributed by atoms with Gasteiger partial charge in [-0.3, -0.25) is 24.2 Å². The van der Waals surface area contributed by atoms with Crippen molar-refractivity contribution < 1.29 is 24.3 Å². The number of benzene rings is 1. The third kappa shape index (κ3) is 7.81. The molecule has 9 nitrogen and oxygen atoms in total. The number of carboxylic acid groups (broad SMARTS) is 1. The van der Waals surface area contributed by atoms with Crippen LogP contribution in [0.4, 0.5) is 0 Å². The summed E-state index contributed by atoms with van der Waals surface area (Å²) < 4.78 is 0. The van der Waals surface area contributed by atoms with Crippen molar-refractivity contribution >= 4 is 23.7 Å². The molecule has 1 aliphatic heterocycles. The predicted molar refractivity (Wildman–Crippen MR) is 119 cm³/mol. The molecule has 174 valence electrons. The van der Waals surface area contributed by atoms with E-state index >= 15 is 0 Å². The van der Waals surface area contributed by atoms with Crippen LogP contribution in [0.15, 0.2) is 42.5 Å². The molecule has 1 fully saturated rings.